The first-order valence-corrected chi connectivity index (χ1v) is 8.67. The number of carbonyl (C=O) groups is 1. The van der Waals surface area contributed by atoms with Gasteiger partial charge < -0.3 is 4.90 Å². The van der Waals surface area contributed by atoms with Crippen LogP contribution in [0.3, 0.4) is 0 Å². The molecule has 0 radical (unpaired) electrons. The van der Waals surface area contributed by atoms with Crippen LogP contribution in [0.2, 0.25) is 0 Å². The first-order valence-electron chi connectivity index (χ1n) is 8.67. The molecule has 1 aliphatic heterocycles. The number of likely N-dealkylation sites (tertiary alicyclic amines) is 1. The van der Waals surface area contributed by atoms with Gasteiger partial charge in [-0.2, -0.15) is 0 Å². The number of hydrogen-bond acceptors (Lipinski definition) is 1. The van der Waals surface area contributed by atoms with Crippen molar-refractivity contribution in [2.24, 2.45) is 0 Å². The molecule has 2 nitrogen and oxygen atoms in total. The van der Waals surface area contributed by atoms with Crippen molar-refractivity contribution >= 4 is 5.91 Å². The molecule has 0 spiro atoms. The van der Waals surface area contributed by atoms with Gasteiger partial charge in [-0.15, -0.1) is 0 Å². The van der Waals surface area contributed by atoms with Gasteiger partial charge in [0, 0.05) is 19.0 Å². The number of hydrogen-bond donors (Lipinski definition) is 0. The van der Waals surface area contributed by atoms with Gasteiger partial charge in [-0.05, 0) is 36.0 Å². The van der Waals surface area contributed by atoms with E-state index in [1.54, 1.807) is 0 Å². The summed E-state index contributed by atoms with van der Waals surface area (Å²) in [5, 5.41) is 0. The third-order valence-electron chi connectivity index (χ3n) is 4.83. The zero-order valence-electron chi connectivity index (χ0n) is 13.9. The standard InChI is InChI=1S/C21H25NO/c1-2-17-10-12-18(13-11-17)15-21(23)22-14-6-9-20(16-22)19-7-4-3-5-8-19/h3-5,7-8,10-13,20H,2,6,9,14-16H2,1H3. The van der Waals surface area contributed by atoms with Crippen LogP contribution < -0.4 is 0 Å². The van der Waals surface area contributed by atoms with Crippen LogP contribution in [0.1, 0.15) is 42.4 Å². The molecule has 120 valence electrons. The average molecular weight is 307 g/mol. The van der Waals surface area contributed by atoms with Gasteiger partial charge in [-0.1, -0.05) is 61.5 Å². The number of rotatable bonds is 4. The highest BCUT2D eigenvalue weighted by Crippen LogP contribution is 2.27. The molecule has 3 rings (SSSR count). The summed E-state index contributed by atoms with van der Waals surface area (Å²) in [6.07, 6.45) is 3.84. The molecule has 0 bridgehead atoms. The second-order valence-corrected chi connectivity index (χ2v) is 6.44. The smallest absolute Gasteiger partial charge is 0.227 e. The van der Waals surface area contributed by atoms with Crippen molar-refractivity contribution in [2.45, 2.75) is 38.5 Å². The van der Waals surface area contributed by atoms with Gasteiger partial charge in [0.1, 0.15) is 0 Å². The van der Waals surface area contributed by atoms with Gasteiger partial charge in [-0.25, -0.2) is 0 Å². The Labute approximate surface area is 139 Å². The number of nitrogens with zero attached hydrogens (tertiary/aromatic N) is 1. The maximum absolute atomic E-state index is 12.6. The Morgan fingerprint density at radius 3 is 2.43 bits per heavy atom. The number of amides is 1. The van der Waals surface area contributed by atoms with Crippen molar-refractivity contribution in [1.82, 2.24) is 4.90 Å². The molecular formula is C21H25NO. The first-order chi connectivity index (χ1) is 11.3. The third-order valence-corrected chi connectivity index (χ3v) is 4.83. The summed E-state index contributed by atoms with van der Waals surface area (Å²) in [6.45, 7) is 3.91. The van der Waals surface area contributed by atoms with Gasteiger partial charge in [0.2, 0.25) is 5.91 Å². The number of piperidine rings is 1. The molecule has 1 aliphatic rings. The molecule has 1 atom stereocenters. The van der Waals surface area contributed by atoms with E-state index in [1.807, 2.05) is 0 Å². The molecular weight excluding hydrogens is 282 g/mol. The van der Waals surface area contributed by atoms with E-state index in [9.17, 15) is 4.79 Å². The zero-order chi connectivity index (χ0) is 16.1. The van der Waals surface area contributed by atoms with E-state index in [4.69, 9.17) is 0 Å². The van der Waals surface area contributed by atoms with Gasteiger partial charge >= 0.3 is 0 Å². The highest BCUT2D eigenvalue weighted by Gasteiger charge is 2.24. The van der Waals surface area contributed by atoms with E-state index in [2.05, 4.69) is 66.4 Å². The fraction of sp³-hybridized carbons (Fsp3) is 0.381. The Balaban J connectivity index is 1.62. The topological polar surface area (TPSA) is 20.3 Å². The Bertz CT molecular complexity index is 633. The van der Waals surface area contributed by atoms with Crippen molar-refractivity contribution in [3.8, 4) is 0 Å². The monoisotopic (exact) mass is 307 g/mol. The summed E-state index contributed by atoms with van der Waals surface area (Å²) in [5.41, 5.74) is 3.80. The van der Waals surface area contributed by atoms with Crippen molar-refractivity contribution in [3.63, 3.8) is 0 Å². The summed E-state index contributed by atoms with van der Waals surface area (Å²) in [5.74, 6) is 0.742. The van der Waals surface area contributed by atoms with E-state index >= 15 is 0 Å². The largest absolute Gasteiger partial charge is 0.342 e. The minimum absolute atomic E-state index is 0.259. The second-order valence-electron chi connectivity index (χ2n) is 6.44. The first kappa shape index (κ1) is 15.8. The second kappa shape index (κ2) is 7.45. The van der Waals surface area contributed by atoms with Gasteiger partial charge in [0.15, 0.2) is 0 Å². The Hall–Kier alpha value is -2.09. The van der Waals surface area contributed by atoms with Crippen molar-refractivity contribution in [1.29, 1.82) is 0 Å². The molecule has 2 aromatic rings. The number of benzene rings is 2. The molecule has 1 fully saturated rings. The number of carbonyl (C=O) groups excluding carboxylic acids is 1. The predicted molar refractivity (Wildman–Crippen MR) is 94.5 cm³/mol. The molecule has 23 heavy (non-hydrogen) atoms. The Morgan fingerprint density at radius 2 is 1.74 bits per heavy atom. The third kappa shape index (κ3) is 4.01. The molecule has 2 heteroatoms. The highest BCUT2D eigenvalue weighted by molar-refractivity contribution is 5.79. The maximum Gasteiger partial charge on any atom is 0.227 e. The van der Waals surface area contributed by atoms with Gasteiger partial charge in [0.25, 0.3) is 0 Å². The minimum atomic E-state index is 0.259. The van der Waals surface area contributed by atoms with Crippen molar-refractivity contribution in [3.05, 3.63) is 71.3 Å². The van der Waals surface area contributed by atoms with Gasteiger partial charge in [-0.3, -0.25) is 4.79 Å². The Kier molecular flexibility index (Phi) is 5.12. The lowest BCUT2D eigenvalue weighted by Gasteiger charge is -2.33. The average Bonchev–Trinajstić information content (AvgIpc) is 2.63. The minimum Gasteiger partial charge on any atom is -0.342 e. The van der Waals surface area contributed by atoms with E-state index in [1.165, 1.54) is 17.5 Å². The van der Waals surface area contributed by atoms with Crippen LogP contribution in [-0.2, 0) is 17.6 Å². The van der Waals surface area contributed by atoms with E-state index in [0.717, 1.165) is 31.5 Å². The summed E-state index contributed by atoms with van der Waals surface area (Å²) in [4.78, 5) is 14.7. The van der Waals surface area contributed by atoms with Crippen LogP contribution in [0.4, 0.5) is 0 Å². The summed E-state index contributed by atoms with van der Waals surface area (Å²) >= 11 is 0. The lowest BCUT2D eigenvalue weighted by molar-refractivity contribution is -0.131. The molecule has 0 N–H and O–H groups in total. The molecule has 0 saturated carbocycles. The molecule has 0 aliphatic carbocycles. The molecule has 0 aromatic heterocycles. The maximum atomic E-state index is 12.6. The SMILES string of the molecule is CCc1ccc(CC(=O)N2CCCC(c3ccccc3)C2)cc1. The Morgan fingerprint density at radius 1 is 1.04 bits per heavy atom. The normalized spacial score (nSPS) is 18.0. The summed E-state index contributed by atoms with van der Waals surface area (Å²) in [7, 11) is 0. The van der Waals surface area contributed by atoms with Crippen LogP contribution in [0.5, 0.6) is 0 Å². The fourth-order valence-electron chi connectivity index (χ4n) is 3.38. The van der Waals surface area contributed by atoms with Crippen LogP contribution in [0.15, 0.2) is 54.6 Å². The molecule has 1 heterocycles. The lowest BCUT2D eigenvalue weighted by atomic mass is 9.90. The number of aryl methyl sites for hydroxylation is 1. The highest BCUT2D eigenvalue weighted by atomic mass is 16.2. The molecule has 1 unspecified atom stereocenters. The zero-order valence-corrected chi connectivity index (χ0v) is 13.9. The summed E-state index contributed by atoms with van der Waals surface area (Å²) in [6, 6.07) is 19.0. The predicted octanol–water partition coefficient (Wildman–Crippen LogP) is 4.20. The lowest BCUT2D eigenvalue weighted by Crippen LogP contribution is -2.39. The molecule has 2 aromatic carbocycles. The summed E-state index contributed by atoms with van der Waals surface area (Å²) < 4.78 is 0. The van der Waals surface area contributed by atoms with Crippen molar-refractivity contribution in [2.75, 3.05) is 13.1 Å². The molecule has 1 saturated heterocycles. The molecule has 1 amide bonds. The van der Waals surface area contributed by atoms with Crippen LogP contribution in [0.25, 0.3) is 0 Å². The van der Waals surface area contributed by atoms with Crippen LogP contribution in [-0.4, -0.2) is 23.9 Å². The van der Waals surface area contributed by atoms with E-state index < -0.39 is 0 Å². The van der Waals surface area contributed by atoms with E-state index in [-0.39, 0.29) is 5.91 Å². The van der Waals surface area contributed by atoms with Gasteiger partial charge in [0.05, 0.1) is 6.42 Å². The van der Waals surface area contributed by atoms with Crippen LogP contribution >= 0.6 is 0 Å². The van der Waals surface area contributed by atoms with Crippen molar-refractivity contribution < 1.29 is 4.79 Å². The van der Waals surface area contributed by atoms with E-state index in [0.29, 0.717) is 12.3 Å². The van der Waals surface area contributed by atoms with Crippen LogP contribution in [0, 0.1) is 0 Å². The fourth-order valence-corrected chi connectivity index (χ4v) is 3.38. The quantitative estimate of drug-likeness (QED) is 0.829.